The predicted octanol–water partition coefficient (Wildman–Crippen LogP) is 3.29. The molecule has 0 atom stereocenters. The van der Waals surface area contributed by atoms with Crippen molar-refractivity contribution >= 4 is 36.0 Å². The Morgan fingerprint density at radius 1 is 0.967 bits per heavy atom. The molecule has 0 aliphatic rings. The molecule has 1 amide bonds. The zero-order valence-corrected chi connectivity index (χ0v) is 21.7. The van der Waals surface area contributed by atoms with Crippen molar-refractivity contribution < 1.29 is 19.0 Å². The van der Waals surface area contributed by atoms with E-state index in [9.17, 15) is 4.79 Å². The summed E-state index contributed by atoms with van der Waals surface area (Å²) in [6.07, 6.45) is -0.433. The first kappa shape index (κ1) is 28.1. The fraction of sp³-hybridized carbons (Fsp3) is 0.619. The summed E-state index contributed by atoms with van der Waals surface area (Å²) in [6.45, 7) is 11.4. The van der Waals surface area contributed by atoms with Gasteiger partial charge in [-0.3, -0.25) is 4.99 Å². The topological polar surface area (TPSA) is 93.2 Å². The van der Waals surface area contributed by atoms with E-state index in [1.807, 2.05) is 39.0 Å². The SMILES string of the molecule is CN=C(NCCNC(=O)OC(C)(C)C)NCC(C)(C)c1ccc(OC)c(OC)c1.I. The Bertz CT molecular complexity index is 703. The van der Waals surface area contributed by atoms with E-state index in [4.69, 9.17) is 14.2 Å². The van der Waals surface area contributed by atoms with Crippen LogP contribution in [0, 0.1) is 0 Å². The number of methoxy groups -OCH3 is 2. The van der Waals surface area contributed by atoms with E-state index >= 15 is 0 Å². The summed E-state index contributed by atoms with van der Waals surface area (Å²) in [5, 5.41) is 9.21. The summed E-state index contributed by atoms with van der Waals surface area (Å²) in [5.74, 6) is 2.06. The van der Waals surface area contributed by atoms with Crippen molar-refractivity contribution in [3.63, 3.8) is 0 Å². The highest BCUT2D eigenvalue weighted by Gasteiger charge is 2.23. The van der Waals surface area contributed by atoms with Gasteiger partial charge < -0.3 is 30.2 Å². The monoisotopic (exact) mass is 536 g/mol. The molecule has 0 spiro atoms. The number of alkyl carbamates (subject to hydrolysis) is 1. The van der Waals surface area contributed by atoms with Crippen LogP contribution in [0.2, 0.25) is 0 Å². The average Bonchev–Trinajstić information content (AvgIpc) is 2.65. The predicted molar refractivity (Wildman–Crippen MR) is 132 cm³/mol. The first-order chi connectivity index (χ1) is 13.5. The number of nitrogens with one attached hydrogen (secondary N) is 3. The highest BCUT2D eigenvalue weighted by Crippen LogP contribution is 2.32. The van der Waals surface area contributed by atoms with E-state index < -0.39 is 11.7 Å². The Morgan fingerprint density at radius 2 is 1.57 bits per heavy atom. The van der Waals surface area contributed by atoms with Crippen LogP contribution in [0.4, 0.5) is 4.79 Å². The van der Waals surface area contributed by atoms with Crippen LogP contribution in [0.1, 0.15) is 40.2 Å². The first-order valence-electron chi connectivity index (χ1n) is 9.66. The van der Waals surface area contributed by atoms with Crippen molar-refractivity contribution in [3.8, 4) is 11.5 Å². The Labute approximate surface area is 197 Å². The van der Waals surface area contributed by atoms with Crippen LogP contribution in [0.25, 0.3) is 0 Å². The van der Waals surface area contributed by atoms with Gasteiger partial charge in [-0.2, -0.15) is 0 Å². The normalized spacial score (nSPS) is 11.8. The second kappa shape index (κ2) is 12.7. The first-order valence-corrected chi connectivity index (χ1v) is 9.66. The number of ether oxygens (including phenoxy) is 3. The molecule has 172 valence electrons. The fourth-order valence-corrected chi connectivity index (χ4v) is 2.54. The summed E-state index contributed by atoms with van der Waals surface area (Å²) in [4.78, 5) is 15.9. The maximum absolute atomic E-state index is 11.7. The second-order valence-corrected chi connectivity index (χ2v) is 8.23. The molecular weight excluding hydrogens is 499 g/mol. The van der Waals surface area contributed by atoms with Crippen LogP contribution >= 0.6 is 24.0 Å². The van der Waals surface area contributed by atoms with Gasteiger partial charge in [0.25, 0.3) is 0 Å². The van der Waals surface area contributed by atoms with Crippen LogP contribution in [0.5, 0.6) is 11.5 Å². The number of nitrogens with zero attached hydrogens (tertiary/aromatic N) is 1. The lowest BCUT2D eigenvalue weighted by Crippen LogP contribution is -2.45. The van der Waals surface area contributed by atoms with E-state index in [0.717, 1.165) is 5.56 Å². The molecule has 0 unspecified atom stereocenters. The van der Waals surface area contributed by atoms with Crippen molar-refractivity contribution in [1.29, 1.82) is 0 Å². The van der Waals surface area contributed by atoms with Gasteiger partial charge in [0.1, 0.15) is 5.60 Å². The summed E-state index contributed by atoms with van der Waals surface area (Å²) in [7, 11) is 4.96. The van der Waals surface area contributed by atoms with Crippen molar-refractivity contribution in [2.45, 2.75) is 45.6 Å². The summed E-state index contributed by atoms with van der Waals surface area (Å²) in [5.41, 5.74) is 0.432. The van der Waals surface area contributed by atoms with Crippen LogP contribution in [-0.4, -0.2) is 58.6 Å². The number of halogens is 1. The summed E-state index contributed by atoms with van der Waals surface area (Å²) < 4.78 is 15.9. The number of rotatable bonds is 8. The number of amides is 1. The summed E-state index contributed by atoms with van der Waals surface area (Å²) >= 11 is 0. The van der Waals surface area contributed by atoms with E-state index in [2.05, 4.69) is 34.8 Å². The molecule has 0 saturated carbocycles. The number of benzene rings is 1. The minimum absolute atomic E-state index is 0. The number of hydrogen-bond donors (Lipinski definition) is 3. The van der Waals surface area contributed by atoms with Gasteiger partial charge in [0.15, 0.2) is 17.5 Å². The number of guanidine groups is 1. The molecule has 0 saturated heterocycles. The molecule has 0 heterocycles. The zero-order valence-electron chi connectivity index (χ0n) is 19.3. The standard InChI is InChI=1S/C21H36N4O4.HI/c1-20(2,3)29-19(26)24-12-11-23-18(22-6)25-14-21(4,5)15-9-10-16(27-7)17(13-15)28-8;/h9-10,13H,11-12,14H2,1-8H3,(H,24,26)(H2,22,23,25);1H. The molecular formula is C21H37IN4O4. The van der Waals surface area contributed by atoms with Crippen LogP contribution < -0.4 is 25.4 Å². The number of carbonyl (C=O) groups excluding carboxylic acids is 1. The minimum atomic E-state index is -0.509. The van der Waals surface area contributed by atoms with Gasteiger partial charge in [-0.1, -0.05) is 19.9 Å². The van der Waals surface area contributed by atoms with E-state index in [0.29, 0.717) is 37.1 Å². The molecule has 0 radical (unpaired) electrons. The van der Waals surface area contributed by atoms with Gasteiger partial charge in [-0.05, 0) is 38.5 Å². The van der Waals surface area contributed by atoms with Gasteiger partial charge in [0, 0.05) is 32.1 Å². The molecule has 0 aliphatic heterocycles. The maximum Gasteiger partial charge on any atom is 0.407 e. The lowest BCUT2D eigenvalue weighted by molar-refractivity contribution is 0.0529. The largest absolute Gasteiger partial charge is 0.493 e. The zero-order chi connectivity index (χ0) is 22.1. The summed E-state index contributed by atoms with van der Waals surface area (Å²) in [6, 6.07) is 5.93. The van der Waals surface area contributed by atoms with Gasteiger partial charge >= 0.3 is 6.09 Å². The van der Waals surface area contributed by atoms with Crippen molar-refractivity contribution in [1.82, 2.24) is 16.0 Å². The quantitative estimate of drug-likeness (QED) is 0.205. The minimum Gasteiger partial charge on any atom is -0.493 e. The van der Waals surface area contributed by atoms with E-state index in [1.54, 1.807) is 21.3 Å². The third-order valence-electron chi connectivity index (χ3n) is 4.17. The third-order valence-corrected chi connectivity index (χ3v) is 4.17. The van der Waals surface area contributed by atoms with Crippen LogP contribution in [0.15, 0.2) is 23.2 Å². The van der Waals surface area contributed by atoms with Crippen LogP contribution in [0.3, 0.4) is 0 Å². The molecule has 9 heteroatoms. The third kappa shape index (κ3) is 9.73. The van der Waals surface area contributed by atoms with Crippen LogP contribution in [-0.2, 0) is 10.2 Å². The fourth-order valence-electron chi connectivity index (χ4n) is 2.54. The van der Waals surface area contributed by atoms with Gasteiger partial charge in [0.05, 0.1) is 14.2 Å². The van der Waals surface area contributed by atoms with Crippen molar-refractivity contribution in [2.75, 3.05) is 40.9 Å². The highest BCUT2D eigenvalue weighted by atomic mass is 127. The lowest BCUT2D eigenvalue weighted by atomic mass is 9.84. The Kier molecular flexibility index (Phi) is 11.9. The van der Waals surface area contributed by atoms with Gasteiger partial charge in [-0.25, -0.2) is 4.79 Å². The molecule has 0 aromatic heterocycles. The van der Waals surface area contributed by atoms with Gasteiger partial charge in [-0.15, -0.1) is 24.0 Å². The second-order valence-electron chi connectivity index (χ2n) is 8.23. The molecule has 3 N–H and O–H groups in total. The molecule has 0 fully saturated rings. The molecule has 8 nitrogen and oxygen atoms in total. The van der Waals surface area contributed by atoms with E-state index in [1.165, 1.54) is 0 Å². The molecule has 0 bridgehead atoms. The maximum atomic E-state index is 11.7. The molecule has 30 heavy (non-hydrogen) atoms. The number of carbonyl (C=O) groups is 1. The van der Waals surface area contributed by atoms with Gasteiger partial charge in [0.2, 0.25) is 0 Å². The van der Waals surface area contributed by atoms with E-state index in [-0.39, 0.29) is 29.4 Å². The Hall–Kier alpha value is -1.91. The number of hydrogen-bond acceptors (Lipinski definition) is 5. The average molecular weight is 536 g/mol. The van der Waals surface area contributed by atoms with Crippen molar-refractivity contribution in [2.24, 2.45) is 4.99 Å². The molecule has 0 aliphatic carbocycles. The molecule has 1 aromatic rings. The molecule has 1 rings (SSSR count). The highest BCUT2D eigenvalue weighted by molar-refractivity contribution is 14.0. The Balaban J connectivity index is 0.00000841. The smallest absolute Gasteiger partial charge is 0.407 e. The lowest BCUT2D eigenvalue weighted by Gasteiger charge is -2.27. The number of aliphatic imine (C=N–C) groups is 1. The Morgan fingerprint density at radius 3 is 2.10 bits per heavy atom. The van der Waals surface area contributed by atoms with Crippen molar-refractivity contribution in [3.05, 3.63) is 23.8 Å². The molecule has 1 aromatic carbocycles.